The van der Waals surface area contributed by atoms with E-state index in [0.29, 0.717) is 17.4 Å². The second-order valence-electron chi connectivity index (χ2n) is 4.42. The molecule has 12 heavy (non-hydrogen) atoms. The molecule has 3 nitrogen and oxygen atoms in total. The highest BCUT2D eigenvalue weighted by Crippen LogP contribution is 2.53. The number of rotatable bonds is 1. The van der Waals surface area contributed by atoms with Crippen molar-refractivity contribution in [2.24, 2.45) is 17.1 Å². The highest BCUT2D eigenvalue weighted by molar-refractivity contribution is 7.91. The molecule has 0 bridgehead atoms. The Morgan fingerprint density at radius 3 is 2.42 bits per heavy atom. The summed E-state index contributed by atoms with van der Waals surface area (Å²) in [7, 11) is -2.72. The van der Waals surface area contributed by atoms with Gasteiger partial charge in [-0.1, -0.05) is 6.92 Å². The smallest absolute Gasteiger partial charge is 0.150 e. The van der Waals surface area contributed by atoms with Crippen LogP contribution in [0.5, 0.6) is 0 Å². The molecular formula is C8H15NO2S. The van der Waals surface area contributed by atoms with E-state index in [4.69, 9.17) is 5.73 Å². The third kappa shape index (κ3) is 1.17. The fourth-order valence-electron chi connectivity index (χ4n) is 2.20. The average molecular weight is 189 g/mol. The van der Waals surface area contributed by atoms with Crippen molar-refractivity contribution in [3.05, 3.63) is 0 Å². The van der Waals surface area contributed by atoms with E-state index in [1.165, 1.54) is 0 Å². The maximum Gasteiger partial charge on any atom is 0.150 e. The molecule has 1 saturated carbocycles. The normalized spacial score (nSPS) is 50.8. The van der Waals surface area contributed by atoms with Crippen molar-refractivity contribution in [1.82, 2.24) is 0 Å². The lowest BCUT2D eigenvalue weighted by molar-refractivity contribution is 0.360. The van der Waals surface area contributed by atoms with Gasteiger partial charge >= 0.3 is 0 Å². The van der Waals surface area contributed by atoms with Gasteiger partial charge in [-0.3, -0.25) is 0 Å². The van der Waals surface area contributed by atoms with E-state index in [9.17, 15) is 8.42 Å². The standard InChI is InChI=1S/C8H15NO2S/c1-8(4-7(8)9)6-2-3-12(10,11)5-6/h6-7H,2-5,9H2,1H3. The van der Waals surface area contributed by atoms with Crippen LogP contribution in [0.2, 0.25) is 0 Å². The molecule has 0 amide bonds. The minimum atomic E-state index is -2.72. The van der Waals surface area contributed by atoms with Gasteiger partial charge in [-0.15, -0.1) is 0 Å². The number of sulfone groups is 1. The van der Waals surface area contributed by atoms with E-state index in [2.05, 4.69) is 6.92 Å². The van der Waals surface area contributed by atoms with Gasteiger partial charge in [0.25, 0.3) is 0 Å². The first kappa shape index (κ1) is 8.51. The molecular weight excluding hydrogens is 174 g/mol. The molecule has 4 heteroatoms. The van der Waals surface area contributed by atoms with Gasteiger partial charge in [-0.05, 0) is 24.2 Å². The van der Waals surface area contributed by atoms with Gasteiger partial charge in [0.05, 0.1) is 11.5 Å². The molecule has 1 heterocycles. The lowest BCUT2D eigenvalue weighted by Crippen LogP contribution is -2.21. The van der Waals surface area contributed by atoms with E-state index in [1.54, 1.807) is 0 Å². The summed E-state index contributed by atoms with van der Waals surface area (Å²) in [6, 6.07) is 0.246. The Hall–Kier alpha value is -0.0900. The molecule has 0 spiro atoms. The zero-order chi connectivity index (χ0) is 8.98. The van der Waals surface area contributed by atoms with Crippen LogP contribution in [0.25, 0.3) is 0 Å². The summed E-state index contributed by atoms with van der Waals surface area (Å²) in [6.07, 6.45) is 1.83. The van der Waals surface area contributed by atoms with E-state index >= 15 is 0 Å². The topological polar surface area (TPSA) is 60.2 Å². The number of hydrogen-bond acceptors (Lipinski definition) is 3. The third-order valence-corrected chi connectivity index (χ3v) is 5.28. The van der Waals surface area contributed by atoms with E-state index in [1.807, 2.05) is 0 Å². The van der Waals surface area contributed by atoms with Crippen molar-refractivity contribution < 1.29 is 8.42 Å². The predicted octanol–water partition coefficient (Wildman–Crippen LogP) is 0.158. The number of nitrogens with two attached hydrogens (primary N) is 1. The highest BCUT2D eigenvalue weighted by Gasteiger charge is 2.55. The van der Waals surface area contributed by atoms with Gasteiger partial charge in [0.15, 0.2) is 9.84 Å². The Morgan fingerprint density at radius 2 is 2.08 bits per heavy atom. The van der Waals surface area contributed by atoms with Gasteiger partial charge in [0.1, 0.15) is 0 Å². The maximum atomic E-state index is 11.2. The fraction of sp³-hybridized carbons (Fsp3) is 1.00. The Kier molecular flexibility index (Phi) is 1.58. The summed E-state index contributed by atoms with van der Waals surface area (Å²) < 4.78 is 22.4. The van der Waals surface area contributed by atoms with Crippen molar-refractivity contribution in [2.45, 2.75) is 25.8 Å². The Bertz CT molecular complexity index is 298. The van der Waals surface area contributed by atoms with E-state index in [-0.39, 0.29) is 11.5 Å². The fourth-order valence-corrected chi connectivity index (χ4v) is 4.17. The summed E-state index contributed by atoms with van der Waals surface area (Å²) in [4.78, 5) is 0. The van der Waals surface area contributed by atoms with Crippen molar-refractivity contribution >= 4 is 9.84 Å². The molecule has 2 N–H and O–H groups in total. The first-order chi connectivity index (χ1) is 5.44. The molecule has 0 aromatic rings. The largest absolute Gasteiger partial charge is 0.327 e. The molecule has 1 aliphatic heterocycles. The summed E-state index contributed by atoms with van der Waals surface area (Å²) in [5, 5.41) is 0. The molecule has 0 aromatic carbocycles. The molecule has 3 atom stereocenters. The van der Waals surface area contributed by atoms with Gasteiger partial charge in [-0.2, -0.15) is 0 Å². The molecule has 2 fully saturated rings. The minimum Gasteiger partial charge on any atom is -0.327 e. The summed E-state index contributed by atoms with van der Waals surface area (Å²) >= 11 is 0. The summed E-state index contributed by atoms with van der Waals surface area (Å²) in [5.41, 5.74) is 5.92. The van der Waals surface area contributed by atoms with Gasteiger partial charge in [0.2, 0.25) is 0 Å². The third-order valence-electron chi connectivity index (χ3n) is 3.51. The second kappa shape index (κ2) is 2.23. The zero-order valence-electron chi connectivity index (χ0n) is 7.29. The quantitative estimate of drug-likeness (QED) is 0.639. The van der Waals surface area contributed by atoms with Crippen molar-refractivity contribution in [2.75, 3.05) is 11.5 Å². The monoisotopic (exact) mass is 189 g/mol. The maximum absolute atomic E-state index is 11.2. The number of hydrogen-bond donors (Lipinski definition) is 1. The van der Waals surface area contributed by atoms with Gasteiger partial charge in [-0.25, -0.2) is 8.42 Å². The van der Waals surface area contributed by atoms with E-state index in [0.717, 1.165) is 12.8 Å². The van der Waals surface area contributed by atoms with E-state index < -0.39 is 9.84 Å². The Balaban J connectivity index is 2.11. The van der Waals surface area contributed by atoms with Crippen LogP contribution >= 0.6 is 0 Å². The summed E-state index contributed by atoms with van der Waals surface area (Å²) in [6.45, 7) is 2.11. The lowest BCUT2D eigenvalue weighted by atomic mass is 9.90. The lowest BCUT2D eigenvalue weighted by Gasteiger charge is -2.16. The van der Waals surface area contributed by atoms with Crippen LogP contribution in [0.4, 0.5) is 0 Å². The first-order valence-electron chi connectivity index (χ1n) is 4.40. The highest BCUT2D eigenvalue weighted by atomic mass is 32.2. The van der Waals surface area contributed by atoms with Crippen LogP contribution in [0.1, 0.15) is 19.8 Å². The van der Waals surface area contributed by atoms with Crippen LogP contribution in [-0.2, 0) is 9.84 Å². The zero-order valence-corrected chi connectivity index (χ0v) is 8.10. The molecule has 2 aliphatic rings. The van der Waals surface area contributed by atoms with Crippen LogP contribution in [0.3, 0.4) is 0 Å². The molecule has 0 radical (unpaired) electrons. The van der Waals surface area contributed by atoms with Gasteiger partial charge < -0.3 is 5.73 Å². The molecule has 1 aliphatic carbocycles. The molecule has 3 unspecified atom stereocenters. The molecule has 0 aromatic heterocycles. The van der Waals surface area contributed by atoms with Crippen LogP contribution < -0.4 is 5.73 Å². The van der Waals surface area contributed by atoms with Gasteiger partial charge in [0, 0.05) is 6.04 Å². The Morgan fingerprint density at radius 1 is 1.50 bits per heavy atom. The average Bonchev–Trinajstić information content (AvgIpc) is 2.41. The predicted molar refractivity (Wildman–Crippen MR) is 47.5 cm³/mol. The van der Waals surface area contributed by atoms with Crippen LogP contribution in [0, 0.1) is 11.3 Å². The SMILES string of the molecule is CC1(C2CCS(=O)(=O)C2)CC1N. The Labute approximate surface area is 73.2 Å². The van der Waals surface area contributed by atoms with Crippen molar-refractivity contribution in [3.63, 3.8) is 0 Å². The van der Waals surface area contributed by atoms with Crippen molar-refractivity contribution in [1.29, 1.82) is 0 Å². The molecule has 70 valence electrons. The minimum absolute atomic E-state index is 0.142. The van der Waals surface area contributed by atoms with Crippen LogP contribution in [0.15, 0.2) is 0 Å². The second-order valence-corrected chi connectivity index (χ2v) is 6.65. The molecule has 2 rings (SSSR count). The van der Waals surface area contributed by atoms with Crippen molar-refractivity contribution in [3.8, 4) is 0 Å². The summed E-state index contributed by atoms with van der Waals surface area (Å²) in [5.74, 6) is 1.08. The van der Waals surface area contributed by atoms with Crippen LogP contribution in [-0.4, -0.2) is 26.0 Å². The molecule has 1 saturated heterocycles. The first-order valence-corrected chi connectivity index (χ1v) is 6.22.